The number of imidazole rings is 1. The van der Waals surface area contributed by atoms with E-state index in [-0.39, 0.29) is 0 Å². The van der Waals surface area contributed by atoms with Crippen molar-refractivity contribution < 1.29 is 4.42 Å². The molecule has 74 valence electrons. The number of hydrogen-bond donors (Lipinski definition) is 1. The van der Waals surface area contributed by atoms with Crippen LogP contribution < -0.4 is 0 Å². The van der Waals surface area contributed by atoms with Gasteiger partial charge in [0.1, 0.15) is 0 Å². The lowest BCUT2D eigenvalue weighted by atomic mass is 10.2. The van der Waals surface area contributed by atoms with Crippen LogP contribution in [0.3, 0.4) is 0 Å². The molecule has 2 aromatic heterocycles. The van der Waals surface area contributed by atoms with E-state index in [1.807, 2.05) is 18.2 Å². The molecule has 0 bridgehead atoms. The van der Waals surface area contributed by atoms with Gasteiger partial charge in [-0.3, -0.25) is 0 Å². The first-order chi connectivity index (χ1) is 7.33. The van der Waals surface area contributed by atoms with Gasteiger partial charge in [0.05, 0.1) is 17.3 Å². The normalized spacial score (nSPS) is 11.0. The summed E-state index contributed by atoms with van der Waals surface area (Å²) >= 11 is 0. The third-order valence-corrected chi connectivity index (χ3v) is 2.39. The van der Waals surface area contributed by atoms with Crippen LogP contribution in [-0.2, 0) is 0 Å². The average Bonchev–Trinajstić information content (AvgIpc) is 2.84. The molecule has 3 nitrogen and oxygen atoms in total. The Kier molecular flexibility index (Phi) is 1.65. The first kappa shape index (κ1) is 8.29. The van der Waals surface area contributed by atoms with Crippen LogP contribution in [0.1, 0.15) is 5.56 Å². The second kappa shape index (κ2) is 2.98. The van der Waals surface area contributed by atoms with E-state index in [9.17, 15) is 0 Å². The highest BCUT2D eigenvalue weighted by atomic mass is 16.3. The van der Waals surface area contributed by atoms with Gasteiger partial charge in [0.15, 0.2) is 11.6 Å². The molecule has 0 unspecified atom stereocenters. The number of benzene rings is 1. The zero-order chi connectivity index (χ0) is 10.3. The van der Waals surface area contributed by atoms with E-state index in [0.717, 1.165) is 22.6 Å². The molecule has 3 rings (SSSR count). The smallest absolute Gasteiger partial charge is 0.174 e. The maximum atomic E-state index is 5.29. The van der Waals surface area contributed by atoms with Crippen molar-refractivity contribution in [2.75, 3.05) is 0 Å². The molecule has 15 heavy (non-hydrogen) atoms. The highest BCUT2D eigenvalue weighted by Gasteiger charge is 2.06. The third kappa shape index (κ3) is 1.32. The van der Waals surface area contributed by atoms with Crippen molar-refractivity contribution in [3.63, 3.8) is 0 Å². The SMILES string of the molecule is Cc1ccc2nc(-c3ccco3)[nH]c2c1. The lowest BCUT2D eigenvalue weighted by molar-refractivity contribution is 0.578. The van der Waals surface area contributed by atoms with Crippen molar-refractivity contribution >= 4 is 11.0 Å². The number of H-pyrrole nitrogens is 1. The van der Waals surface area contributed by atoms with Crippen LogP contribution in [0.2, 0.25) is 0 Å². The molecule has 3 heteroatoms. The summed E-state index contributed by atoms with van der Waals surface area (Å²) in [7, 11) is 0. The highest BCUT2D eigenvalue weighted by Crippen LogP contribution is 2.21. The zero-order valence-corrected chi connectivity index (χ0v) is 8.32. The predicted molar refractivity (Wildman–Crippen MR) is 58.5 cm³/mol. The van der Waals surface area contributed by atoms with Gasteiger partial charge in [0.25, 0.3) is 0 Å². The third-order valence-electron chi connectivity index (χ3n) is 2.39. The summed E-state index contributed by atoms with van der Waals surface area (Å²) in [5, 5.41) is 0. The van der Waals surface area contributed by atoms with Gasteiger partial charge in [-0.25, -0.2) is 4.98 Å². The minimum absolute atomic E-state index is 0.767. The molecule has 0 aliphatic carbocycles. The molecular formula is C12H10N2O. The van der Waals surface area contributed by atoms with Crippen molar-refractivity contribution in [1.29, 1.82) is 0 Å². The molecule has 0 radical (unpaired) electrons. The molecular weight excluding hydrogens is 188 g/mol. The minimum atomic E-state index is 0.767. The molecule has 0 amide bonds. The summed E-state index contributed by atoms with van der Waals surface area (Å²) in [6.07, 6.45) is 1.65. The van der Waals surface area contributed by atoms with Crippen LogP contribution in [0, 0.1) is 6.92 Å². The largest absolute Gasteiger partial charge is 0.461 e. The van der Waals surface area contributed by atoms with E-state index in [1.165, 1.54) is 5.56 Å². The van der Waals surface area contributed by atoms with Gasteiger partial charge in [0.2, 0.25) is 0 Å². The molecule has 0 aliphatic rings. The van der Waals surface area contributed by atoms with Crippen LogP contribution >= 0.6 is 0 Å². The van der Waals surface area contributed by atoms with Crippen molar-refractivity contribution in [3.8, 4) is 11.6 Å². The second-order valence-electron chi connectivity index (χ2n) is 3.58. The quantitative estimate of drug-likeness (QED) is 0.652. The molecule has 0 saturated carbocycles. The Bertz CT molecular complexity index is 593. The van der Waals surface area contributed by atoms with Gasteiger partial charge in [-0.15, -0.1) is 0 Å². The second-order valence-corrected chi connectivity index (χ2v) is 3.58. The summed E-state index contributed by atoms with van der Waals surface area (Å²) in [6, 6.07) is 9.88. The van der Waals surface area contributed by atoms with Crippen LogP contribution in [0.15, 0.2) is 41.0 Å². The number of rotatable bonds is 1. The van der Waals surface area contributed by atoms with E-state index < -0.39 is 0 Å². The molecule has 0 atom stereocenters. The van der Waals surface area contributed by atoms with E-state index in [4.69, 9.17) is 4.42 Å². The Morgan fingerprint density at radius 3 is 3.00 bits per heavy atom. The minimum Gasteiger partial charge on any atom is -0.461 e. The van der Waals surface area contributed by atoms with Gasteiger partial charge < -0.3 is 9.40 Å². The van der Waals surface area contributed by atoms with Crippen molar-refractivity contribution in [1.82, 2.24) is 9.97 Å². The number of nitrogens with one attached hydrogen (secondary N) is 1. The van der Waals surface area contributed by atoms with E-state index in [2.05, 4.69) is 29.0 Å². The number of nitrogens with zero attached hydrogens (tertiary/aromatic N) is 1. The molecule has 1 aromatic carbocycles. The summed E-state index contributed by atoms with van der Waals surface area (Å²) in [4.78, 5) is 7.68. The Hall–Kier alpha value is -2.03. The number of aryl methyl sites for hydroxylation is 1. The van der Waals surface area contributed by atoms with E-state index in [1.54, 1.807) is 6.26 Å². The topological polar surface area (TPSA) is 41.8 Å². The van der Waals surface area contributed by atoms with Crippen LogP contribution in [0.25, 0.3) is 22.6 Å². The number of hydrogen-bond acceptors (Lipinski definition) is 2. The highest BCUT2D eigenvalue weighted by molar-refractivity contribution is 5.79. The van der Waals surface area contributed by atoms with Gasteiger partial charge >= 0.3 is 0 Å². The standard InChI is InChI=1S/C12H10N2O/c1-8-4-5-9-10(7-8)14-12(13-9)11-3-2-6-15-11/h2-7H,1H3,(H,13,14). The maximum absolute atomic E-state index is 5.29. The first-order valence-electron chi connectivity index (χ1n) is 4.83. The number of aromatic nitrogens is 2. The monoisotopic (exact) mass is 198 g/mol. The summed E-state index contributed by atoms with van der Waals surface area (Å²) in [6.45, 7) is 2.06. The summed E-state index contributed by atoms with van der Waals surface area (Å²) in [5.74, 6) is 1.55. The van der Waals surface area contributed by atoms with Crippen LogP contribution in [0.4, 0.5) is 0 Å². The van der Waals surface area contributed by atoms with Crippen LogP contribution in [-0.4, -0.2) is 9.97 Å². The number of fused-ring (bicyclic) bond motifs is 1. The molecule has 0 fully saturated rings. The first-order valence-corrected chi connectivity index (χ1v) is 4.83. The average molecular weight is 198 g/mol. The lowest BCUT2D eigenvalue weighted by Crippen LogP contribution is -1.74. The Balaban J connectivity index is 2.22. The van der Waals surface area contributed by atoms with Gasteiger partial charge in [-0.1, -0.05) is 6.07 Å². The molecule has 3 aromatic rings. The lowest BCUT2D eigenvalue weighted by Gasteiger charge is -1.89. The zero-order valence-electron chi connectivity index (χ0n) is 8.32. The fourth-order valence-electron chi connectivity index (χ4n) is 1.65. The molecule has 1 N–H and O–H groups in total. The van der Waals surface area contributed by atoms with E-state index in [0.29, 0.717) is 0 Å². The molecule has 2 heterocycles. The summed E-state index contributed by atoms with van der Waals surface area (Å²) in [5.41, 5.74) is 3.23. The summed E-state index contributed by atoms with van der Waals surface area (Å²) < 4.78 is 5.29. The van der Waals surface area contributed by atoms with Gasteiger partial charge in [-0.05, 0) is 36.8 Å². The molecule has 0 saturated heterocycles. The Labute approximate surface area is 86.8 Å². The Morgan fingerprint density at radius 2 is 2.20 bits per heavy atom. The maximum Gasteiger partial charge on any atom is 0.174 e. The van der Waals surface area contributed by atoms with E-state index >= 15 is 0 Å². The van der Waals surface area contributed by atoms with Crippen molar-refractivity contribution in [3.05, 3.63) is 42.2 Å². The molecule has 0 aliphatic heterocycles. The number of aromatic amines is 1. The predicted octanol–water partition coefficient (Wildman–Crippen LogP) is 3.13. The van der Waals surface area contributed by atoms with Gasteiger partial charge in [0, 0.05) is 0 Å². The Morgan fingerprint density at radius 1 is 1.27 bits per heavy atom. The fraction of sp³-hybridized carbons (Fsp3) is 0.0833. The number of furan rings is 1. The van der Waals surface area contributed by atoms with Crippen LogP contribution in [0.5, 0.6) is 0 Å². The van der Waals surface area contributed by atoms with Crippen molar-refractivity contribution in [2.24, 2.45) is 0 Å². The van der Waals surface area contributed by atoms with Crippen molar-refractivity contribution in [2.45, 2.75) is 6.92 Å². The fourth-order valence-corrected chi connectivity index (χ4v) is 1.65. The molecule has 0 spiro atoms. The van der Waals surface area contributed by atoms with Gasteiger partial charge in [-0.2, -0.15) is 0 Å².